The van der Waals surface area contributed by atoms with Gasteiger partial charge in [-0.05, 0) is 19.3 Å². The van der Waals surface area contributed by atoms with E-state index in [-0.39, 0.29) is 18.6 Å². The molecular weight excluding hydrogens is 296 g/mol. The van der Waals surface area contributed by atoms with Gasteiger partial charge in [0.15, 0.2) is 0 Å². The largest absolute Gasteiger partial charge is 0.481 e. The van der Waals surface area contributed by atoms with Crippen LogP contribution in [0.15, 0.2) is 0 Å². The number of hydrogen-bond acceptors (Lipinski definition) is 4. The number of carboxylic acids is 1. The zero-order valence-electron chi connectivity index (χ0n) is 14.5. The van der Waals surface area contributed by atoms with Crippen molar-refractivity contribution in [3.05, 3.63) is 0 Å². The summed E-state index contributed by atoms with van der Waals surface area (Å²) in [5, 5.41) is 28.2. The van der Waals surface area contributed by atoms with Crippen LogP contribution in [0.2, 0.25) is 0 Å². The Morgan fingerprint density at radius 2 is 1.35 bits per heavy atom. The van der Waals surface area contributed by atoms with Crippen LogP contribution in [0.25, 0.3) is 0 Å². The maximum Gasteiger partial charge on any atom is 0.303 e. The smallest absolute Gasteiger partial charge is 0.303 e. The van der Waals surface area contributed by atoms with Gasteiger partial charge in [0.2, 0.25) is 0 Å². The third-order valence-electron chi connectivity index (χ3n) is 4.08. The summed E-state index contributed by atoms with van der Waals surface area (Å²) < 4.78 is 0. The van der Waals surface area contributed by atoms with Gasteiger partial charge < -0.3 is 15.3 Å². The molecule has 0 saturated heterocycles. The van der Waals surface area contributed by atoms with Crippen molar-refractivity contribution < 1.29 is 24.9 Å². The number of carbonyl (C=O) groups excluding carboxylic acids is 1. The normalized spacial score (nSPS) is 13.7. The molecule has 0 aliphatic rings. The van der Waals surface area contributed by atoms with Gasteiger partial charge in [0.25, 0.3) is 0 Å². The highest BCUT2D eigenvalue weighted by Gasteiger charge is 2.19. The molecule has 0 spiro atoms. The molecule has 5 heteroatoms. The van der Waals surface area contributed by atoms with Crippen molar-refractivity contribution in [3.63, 3.8) is 0 Å². The minimum absolute atomic E-state index is 0.0290. The number of ketones is 1. The second kappa shape index (κ2) is 14.6. The van der Waals surface area contributed by atoms with Crippen molar-refractivity contribution in [1.29, 1.82) is 0 Å². The summed E-state index contributed by atoms with van der Waals surface area (Å²) >= 11 is 0. The lowest BCUT2D eigenvalue weighted by Gasteiger charge is -2.17. The molecule has 0 radical (unpaired) electrons. The predicted molar refractivity (Wildman–Crippen MR) is 90.4 cm³/mol. The standard InChI is InChI=1S/C18H34O5/c1-2-3-4-8-11-15(19)14-17(21)16(20)12-9-6-5-7-10-13-18(22)23/h16-17,20-21H,2-14H2,1H3,(H,22,23)/t16-,17-/m1/s1. The lowest BCUT2D eigenvalue weighted by molar-refractivity contribution is -0.137. The number of rotatable bonds is 16. The highest BCUT2D eigenvalue weighted by molar-refractivity contribution is 5.78. The zero-order valence-corrected chi connectivity index (χ0v) is 14.5. The van der Waals surface area contributed by atoms with Crippen LogP contribution in [0.1, 0.15) is 90.4 Å². The van der Waals surface area contributed by atoms with Crippen LogP contribution in [-0.2, 0) is 9.59 Å². The molecule has 0 amide bonds. The molecule has 0 aliphatic heterocycles. The molecule has 5 nitrogen and oxygen atoms in total. The lowest BCUT2D eigenvalue weighted by Crippen LogP contribution is -2.28. The maximum atomic E-state index is 11.7. The van der Waals surface area contributed by atoms with E-state index < -0.39 is 18.2 Å². The summed E-state index contributed by atoms with van der Waals surface area (Å²) in [6.07, 6.45) is 7.81. The SMILES string of the molecule is CCCCCCC(=O)C[C@@H](O)[C@H](O)CCCCCCCC(=O)O. The molecule has 3 N–H and O–H groups in total. The molecule has 0 heterocycles. The number of carbonyl (C=O) groups is 2. The maximum absolute atomic E-state index is 11.7. The average Bonchev–Trinajstić information content (AvgIpc) is 2.50. The summed E-state index contributed by atoms with van der Waals surface area (Å²) in [6.45, 7) is 2.12. The summed E-state index contributed by atoms with van der Waals surface area (Å²) in [5.41, 5.74) is 0. The van der Waals surface area contributed by atoms with Gasteiger partial charge in [0.05, 0.1) is 12.2 Å². The topological polar surface area (TPSA) is 94.8 Å². The summed E-state index contributed by atoms with van der Waals surface area (Å²) in [5.74, 6) is -0.732. The number of aliphatic hydroxyl groups excluding tert-OH is 2. The summed E-state index contributed by atoms with van der Waals surface area (Å²) in [4.78, 5) is 22.1. The Morgan fingerprint density at radius 3 is 2.00 bits per heavy atom. The first-order chi connectivity index (χ1) is 11.0. The van der Waals surface area contributed by atoms with Crippen molar-refractivity contribution in [2.45, 2.75) is 103 Å². The van der Waals surface area contributed by atoms with Crippen molar-refractivity contribution >= 4 is 11.8 Å². The van der Waals surface area contributed by atoms with Gasteiger partial charge in [-0.15, -0.1) is 0 Å². The molecule has 23 heavy (non-hydrogen) atoms. The monoisotopic (exact) mass is 330 g/mol. The molecular formula is C18H34O5. The number of hydrogen-bond donors (Lipinski definition) is 3. The quantitative estimate of drug-likeness (QED) is 0.377. The molecule has 0 aromatic heterocycles. The van der Waals surface area contributed by atoms with E-state index in [2.05, 4.69) is 6.92 Å². The Morgan fingerprint density at radius 1 is 0.783 bits per heavy atom. The first kappa shape index (κ1) is 22.1. The van der Waals surface area contributed by atoms with E-state index in [1.165, 1.54) is 0 Å². The lowest BCUT2D eigenvalue weighted by atomic mass is 9.99. The molecule has 0 bridgehead atoms. The number of aliphatic hydroxyl groups is 2. The molecule has 0 aromatic carbocycles. The fourth-order valence-electron chi connectivity index (χ4n) is 2.57. The Kier molecular flexibility index (Phi) is 14.0. The van der Waals surface area contributed by atoms with Gasteiger partial charge in [-0.1, -0.05) is 51.9 Å². The van der Waals surface area contributed by atoms with Crippen LogP contribution in [0.3, 0.4) is 0 Å². The van der Waals surface area contributed by atoms with E-state index >= 15 is 0 Å². The number of aliphatic carboxylic acids is 1. The Balaban J connectivity index is 3.59. The second-order valence-corrected chi connectivity index (χ2v) is 6.39. The molecule has 0 rings (SSSR count). The third kappa shape index (κ3) is 14.4. The zero-order chi connectivity index (χ0) is 17.5. The van der Waals surface area contributed by atoms with Crippen LogP contribution in [0.4, 0.5) is 0 Å². The van der Waals surface area contributed by atoms with Crippen molar-refractivity contribution in [2.24, 2.45) is 0 Å². The predicted octanol–water partition coefficient (Wildman–Crippen LogP) is 3.45. The molecule has 0 aliphatic carbocycles. The van der Waals surface area contributed by atoms with E-state index in [9.17, 15) is 19.8 Å². The van der Waals surface area contributed by atoms with Gasteiger partial charge in [-0.2, -0.15) is 0 Å². The summed E-state index contributed by atoms with van der Waals surface area (Å²) in [7, 11) is 0. The van der Waals surface area contributed by atoms with Gasteiger partial charge in [-0.3, -0.25) is 9.59 Å². The highest BCUT2D eigenvalue weighted by atomic mass is 16.4. The number of carboxylic acid groups (broad SMARTS) is 1. The minimum Gasteiger partial charge on any atom is -0.481 e. The van der Waals surface area contributed by atoms with Crippen LogP contribution in [0, 0.1) is 0 Å². The first-order valence-corrected chi connectivity index (χ1v) is 9.07. The van der Waals surface area contributed by atoms with E-state index in [4.69, 9.17) is 5.11 Å². The van der Waals surface area contributed by atoms with E-state index in [0.717, 1.165) is 51.4 Å². The molecule has 0 aromatic rings. The Labute approximate surface area is 140 Å². The van der Waals surface area contributed by atoms with Crippen molar-refractivity contribution in [3.8, 4) is 0 Å². The average molecular weight is 330 g/mol. The van der Waals surface area contributed by atoms with Crippen LogP contribution >= 0.6 is 0 Å². The highest BCUT2D eigenvalue weighted by Crippen LogP contribution is 2.13. The first-order valence-electron chi connectivity index (χ1n) is 9.07. The second-order valence-electron chi connectivity index (χ2n) is 6.39. The Hall–Kier alpha value is -0.940. The Bertz CT molecular complexity index is 317. The summed E-state index contributed by atoms with van der Waals surface area (Å²) in [6, 6.07) is 0. The van der Waals surface area contributed by atoms with Gasteiger partial charge in [-0.25, -0.2) is 0 Å². The van der Waals surface area contributed by atoms with E-state index in [1.54, 1.807) is 0 Å². The van der Waals surface area contributed by atoms with Crippen molar-refractivity contribution in [2.75, 3.05) is 0 Å². The molecule has 2 atom stereocenters. The number of unbranched alkanes of at least 4 members (excludes halogenated alkanes) is 7. The molecule has 0 fully saturated rings. The number of Topliss-reactive ketones (excluding diaryl/α,β-unsaturated/α-hetero) is 1. The fraction of sp³-hybridized carbons (Fsp3) is 0.889. The fourth-order valence-corrected chi connectivity index (χ4v) is 2.57. The van der Waals surface area contributed by atoms with Crippen LogP contribution in [0.5, 0.6) is 0 Å². The van der Waals surface area contributed by atoms with Crippen LogP contribution < -0.4 is 0 Å². The van der Waals surface area contributed by atoms with E-state index in [1.807, 2.05) is 0 Å². The van der Waals surface area contributed by atoms with Crippen molar-refractivity contribution in [1.82, 2.24) is 0 Å². The van der Waals surface area contributed by atoms with Gasteiger partial charge >= 0.3 is 5.97 Å². The minimum atomic E-state index is -0.958. The van der Waals surface area contributed by atoms with Gasteiger partial charge in [0.1, 0.15) is 5.78 Å². The van der Waals surface area contributed by atoms with Crippen LogP contribution in [-0.4, -0.2) is 39.3 Å². The van der Waals surface area contributed by atoms with Gasteiger partial charge in [0, 0.05) is 19.3 Å². The molecule has 0 saturated carbocycles. The van der Waals surface area contributed by atoms with E-state index in [0.29, 0.717) is 19.3 Å². The molecule has 136 valence electrons. The third-order valence-corrected chi connectivity index (χ3v) is 4.08. The molecule has 0 unspecified atom stereocenters.